The fourth-order valence-electron chi connectivity index (χ4n) is 1.79. The predicted octanol–water partition coefficient (Wildman–Crippen LogP) is 2.71. The zero-order valence-corrected chi connectivity index (χ0v) is 11.0. The van der Waals surface area contributed by atoms with Gasteiger partial charge in [0.05, 0.1) is 6.20 Å². The molecule has 0 fully saturated rings. The van der Waals surface area contributed by atoms with E-state index in [-0.39, 0.29) is 6.10 Å². The second kappa shape index (κ2) is 4.81. The van der Waals surface area contributed by atoms with Crippen LogP contribution in [0.2, 0.25) is 0 Å². The van der Waals surface area contributed by atoms with Crippen LogP contribution in [0.25, 0.3) is 5.65 Å². The van der Waals surface area contributed by atoms with Gasteiger partial charge in [-0.15, -0.1) is 11.3 Å². The molecule has 0 saturated heterocycles. The summed E-state index contributed by atoms with van der Waals surface area (Å²) in [5, 5.41) is 2.63. The number of fused-ring (bicyclic) bond motifs is 1. The van der Waals surface area contributed by atoms with Gasteiger partial charge in [-0.1, -0.05) is 6.07 Å². The summed E-state index contributed by atoms with van der Waals surface area (Å²) < 4.78 is 7.10. The Kier molecular flexibility index (Phi) is 3.00. The van der Waals surface area contributed by atoms with E-state index in [2.05, 4.69) is 9.97 Å². The fourth-order valence-corrected chi connectivity index (χ4v) is 2.41. The molecule has 0 amide bonds. The molecule has 5 nitrogen and oxygen atoms in total. The van der Waals surface area contributed by atoms with E-state index >= 15 is 0 Å². The standard InChI is InChI=1S/C13H11N3O2S/c1-9(12-14-5-7-19-12)18-13(17)10-8-15-11-4-2-3-6-16(10)11/h2-9H,1H3/t9-/m0/s1. The van der Waals surface area contributed by atoms with Gasteiger partial charge in [0.2, 0.25) is 0 Å². The van der Waals surface area contributed by atoms with Crippen molar-refractivity contribution in [3.05, 3.63) is 52.9 Å². The highest BCUT2D eigenvalue weighted by atomic mass is 32.1. The van der Waals surface area contributed by atoms with Crippen LogP contribution in [-0.4, -0.2) is 20.3 Å². The lowest BCUT2D eigenvalue weighted by Crippen LogP contribution is -2.11. The smallest absolute Gasteiger partial charge is 0.357 e. The van der Waals surface area contributed by atoms with Gasteiger partial charge in [-0.25, -0.2) is 14.8 Å². The van der Waals surface area contributed by atoms with Crippen molar-refractivity contribution in [3.63, 3.8) is 0 Å². The molecule has 0 aliphatic rings. The van der Waals surface area contributed by atoms with Gasteiger partial charge in [-0.3, -0.25) is 4.40 Å². The molecule has 3 heterocycles. The van der Waals surface area contributed by atoms with E-state index in [0.717, 1.165) is 10.7 Å². The van der Waals surface area contributed by atoms with Crippen LogP contribution in [0.1, 0.15) is 28.5 Å². The average molecular weight is 273 g/mol. The van der Waals surface area contributed by atoms with Gasteiger partial charge in [0.1, 0.15) is 10.7 Å². The number of nitrogens with zero attached hydrogens (tertiary/aromatic N) is 3. The molecule has 3 aromatic heterocycles. The van der Waals surface area contributed by atoms with Crippen LogP contribution in [0, 0.1) is 0 Å². The maximum Gasteiger partial charge on any atom is 0.357 e. The van der Waals surface area contributed by atoms with E-state index in [9.17, 15) is 4.79 Å². The van der Waals surface area contributed by atoms with Crippen molar-refractivity contribution in [1.82, 2.24) is 14.4 Å². The number of pyridine rings is 1. The molecule has 3 aromatic rings. The monoisotopic (exact) mass is 273 g/mol. The largest absolute Gasteiger partial charge is 0.451 e. The molecule has 0 N–H and O–H groups in total. The number of imidazole rings is 1. The lowest BCUT2D eigenvalue weighted by molar-refractivity contribution is 0.0329. The van der Waals surface area contributed by atoms with E-state index in [1.807, 2.05) is 23.6 Å². The number of aromatic nitrogens is 3. The summed E-state index contributed by atoms with van der Waals surface area (Å²) in [6, 6.07) is 5.55. The van der Waals surface area contributed by atoms with Crippen LogP contribution < -0.4 is 0 Å². The second-order valence-electron chi connectivity index (χ2n) is 3.99. The van der Waals surface area contributed by atoms with Crippen LogP contribution in [0.5, 0.6) is 0 Å². The maximum absolute atomic E-state index is 12.1. The molecule has 3 rings (SSSR count). The minimum Gasteiger partial charge on any atom is -0.451 e. The first kappa shape index (κ1) is 11.9. The molecule has 19 heavy (non-hydrogen) atoms. The number of thiazole rings is 1. The normalized spacial score (nSPS) is 12.5. The third kappa shape index (κ3) is 2.22. The first-order valence-corrected chi connectivity index (χ1v) is 6.66. The van der Waals surface area contributed by atoms with Gasteiger partial charge in [-0.05, 0) is 19.1 Å². The molecule has 0 spiro atoms. The van der Waals surface area contributed by atoms with Crippen molar-refractivity contribution in [2.24, 2.45) is 0 Å². The third-order valence-electron chi connectivity index (χ3n) is 2.71. The van der Waals surface area contributed by atoms with Crippen molar-refractivity contribution >= 4 is 23.0 Å². The van der Waals surface area contributed by atoms with E-state index in [1.54, 1.807) is 23.7 Å². The molecular formula is C13H11N3O2S. The second-order valence-corrected chi connectivity index (χ2v) is 4.92. The highest BCUT2D eigenvalue weighted by Crippen LogP contribution is 2.20. The maximum atomic E-state index is 12.1. The third-order valence-corrected chi connectivity index (χ3v) is 3.65. The van der Waals surface area contributed by atoms with Crippen molar-refractivity contribution in [1.29, 1.82) is 0 Å². The van der Waals surface area contributed by atoms with Crippen molar-refractivity contribution in [2.45, 2.75) is 13.0 Å². The molecule has 0 aromatic carbocycles. The molecule has 0 radical (unpaired) electrons. The first-order chi connectivity index (χ1) is 9.25. The zero-order valence-electron chi connectivity index (χ0n) is 10.2. The van der Waals surface area contributed by atoms with E-state index in [4.69, 9.17) is 4.74 Å². The van der Waals surface area contributed by atoms with Gasteiger partial charge in [0.25, 0.3) is 0 Å². The topological polar surface area (TPSA) is 56.5 Å². The van der Waals surface area contributed by atoms with Gasteiger partial charge in [-0.2, -0.15) is 0 Å². The van der Waals surface area contributed by atoms with Gasteiger partial charge >= 0.3 is 5.97 Å². The number of carbonyl (C=O) groups excluding carboxylic acids is 1. The predicted molar refractivity (Wildman–Crippen MR) is 71.1 cm³/mol. The Balaban J connectivity index is 1.84. The minimum atomic E-state index is -0.401. The van der Waals surface area contributed by atoms with E-state index in [0.29, 0.717) is 5.69 Å². The summed E-state index contributed by atoms with van der Waals surface area (Å²) >= 11 is 1.46. The van der Waals surface area contributed by atoms with Crippen LogP contribution in [0.4, 0.5) is 0 Å². The van der Waals surface area contributed by atoms with Crippen LogP contribution >= 0.6 is 11.3 Å². The summed E-state index contributed by atoms with van der Waals surface area (Å²) in [6.07, 6.45) is 4.64. The molecule has 0 saturated carbocycles. The van der Waals surface area contributed by atoms with Gasteiger partial charge in [0, 0.05) is 17.8 Å². The Morgan fingerprint density at radius 2 is 2.32 bits per heavy atom. The van der Waals surface area contributed by atoms with Crippen molar-refractivity contribution in [2.75, 3.05) is 0 Å². The highest BCUT2D eigenvalue weighted by Gasteiger charge is 2.18. The number of ether oxygens (including phenoxy) is 1. The van der Waals surface area contributed by atoms with E-state index in [1.165, 1.54) is 17.5 Å². The van der Waals surface area contributed by atoms with Crippen molar-refractivity contribution in [3.8, 4) is 0 Å². The summed E-state index contributed by atoms with van der Waals surface area (Å²) in [4.78, 5) is 20.4. The average Bonchev–Trinajstić information content (AvgIpc) is 3.08. The Morgan fingerprint density at radius 1 is 1.42 bits per heavy atom. The number of esters is 1. The molecule has 0 unspecified atom stereocenters. The summed E-state index contributed by atoms with van der Waals surface area (Å²) in [5.41, 5.74) is 1.13. The Morgan fingerprint density at radius 3 is 3.11 bits per heavy atom. The Bertz CT molecular complexity index is 706. The van der Waals surface area contributed by atoms with Crippen LogP contribution in [-0.2, 0) is 4.74 Å². The van der Waals surface area contributed by atoms with Crippen molar-refractivity contribution < 1.29 is 9.53 Å². The minimum absolute atomic E-state index is 0.359. The highest BCUT2D eigenvalue weighted by molar-refractivity contribution is 7.09. The quantitative estimate of drug-likeness (QED) is 0.688. The molecule has 0 aliphatic heterocycles. The summed E-state index contributed by atoms with van der Waals surface area (Å²) in [5.74, 6) is -0.401. The van der Waals surface area contributed by atoms with Crippen LogP contribution in [0.3, 0.4) is 0 Å². The van der Waals surface area contributed by atoms with E-state index < -0.39 is 5.97 Å². The molecule has 1 atom stereocenters. The first-order valence-electron chi connectivity index (χ1n) is 5.78. The molecule has 6 heteroatoms. The Hall–Kier alpha value is -2.21. The molecule has 0 bridgehead atoms. The van der Waals surface area contributed by atoms with Gasteiger partial charge < -0.3 is 4.74 Å². The SMILES string of the molecule is C[C@H](OC(=O)c1cnc2ccccn12)c1nccs1. The number of rotatable bonds is 3. The van der Waals surface area contributed by atoms with Gasteiger partial charge in [0.15, 0.2) is 11.8 Å². The Labute approximate surface area is 113 Å². The number of hydrogen-bond donors (Lipinski definition) is 0. The fraction of sp³-hybridized carbons (Fsp3) is 0.154. The summed E-state index contributed by atoms with van der Waals surface area (Å²) in [6.45, 7) is 1.81. The molecular weight excluding hydrogens is 262 g/mol. The lowest BCUT2D eigenvalue weighted by Gasteiger charge is -2.10. The number of hydrogen-bond acceptors (Lipinski definition) is 5. The number of carbonyl (C=O) groups is 1. The molecule has 0 aliphatic carbocycles. The lowest BCUT2D eigenvalue weighted by atomic mass is 10.4. The van der Waals surface area contributed by atoms with Crippen LogP contribution in [0.15, 0.2) is 42.2 Å². The molecule has 96 valence electrons. The zero-order chi connectivity index (χ0) is 13.2. The summed E-state index contributed by atoms with van der Waals surface area (Å²) in [7, 11) is 0.